The molecule has 0 aromatic rings. The molecule has 122 valence electrons. The lowest BCUT2D eigenvalue weighted by Crippen LogP contribution is -2.52. The summed E-state index contributed by atoms with van der Waals surface area (Å²) in [5.74, 6) is -0.349. The maximum absolute atomic E-state index is 11.9. The van der Waals surface area contributed by atoms with Gasteiger partial charge in [-0.25, -0.2) is 4.79 Å². The molecule has 0 radical (unpaired) electrons. The number of carbonyl (C=O) groups excluding carboxylic acids is 1. The number of hydrogen-bond acceptors (Lipinski definition) is 4. The average molecular weight is 298 g/mol. The first-order valence-electron chi connectivity index (χ1n) is 7.84. The second kappa shape index (κ2) is 7.41. The van der Waals surface area contributed by atoms with Crippen LogP contribution in [0.1, 0.15) is 60.8 Å². The summed E-state index contributed by atoms with van der Waals surface area (Å²) in [5.41, 5.74) is -0.197. The molecule has 0 aromatic heterocycles. The first-order valence-corrected chi connectivity index (χ1v) is 7.84. The highest BCUT2D eigenvalue weighted by atomic mass is 16.6. The van der Waals surface area contributed by atoms with Gasteiger partial charge in [0.1, 0.15) is 5.60 Å². The molecule has 0 spiro atoms. The first-order chi connectivity index (χ1) is 9.64. The summed E-state index contributed by atoms with van der Waals surface area (Å²) in [7, 11) is 0. The second-order valence-corrected chi connectivity index (χ2v) is 6.74. The van der Waals surface area contributed by atoms with Crippen molar-refractivity contribution in [1.82, 2.24) is 0 Å². The normalized spacial score (nSPS) is 29.7. The Morgan fingerprint density at radius 1 is 1.19 bits per heavy atom. The van der Waals surface area contributed by atoms with E-state index >= 15 is 0 Å². The third-order valence-corrected chi connectivity index (χ3v) is 3.70. The van der Waals surface area contributed by atoms with Gasteiger partial charge in [0.15, 0.2) is 0 Å². The second-order valence-electron chi connectivity index (χ2n) is 6.74. The summed E-state index contributed by atoms with van der Waals surface area (Å²) in [6, 6.07) is 0. The van der Waals surface area contributed by atoms with Crippen molar-refractivity contribution in [3.05, 3.63) is 12.2 Å². The van der Waals surface area contributed by atoms with Gasteiger partial charge in [-0.2, -0.15) is 0 Å². The molecule has 1 rings (SSSR count). The van der Waals surface area contributed by atoms with Gasteiger partial charge in [-0.15, -0.1) is 0 Å². The summed E-state index contributed by atoms with van der Waals surface area (Å²) in [6.45, 7) is 15.3. The first kappa shape index (κ1) is 18.2. The molecule has 1 aliphatic carbocycles. The van der Waals surface area contributed by atoms with Gasteiger partial charge in [0.05, 0.1) is 24.4 Å². The lowest BCUT2D eigenvalue weighted by Gasteiger charge is -2.44. The van der Waals surface area contributed by atoms with Gasteiger partial charge in [0.2, 0.25) is 0 Å². The number of hydrogen-bond donors (Lipinski definition) is 0. The van der Waals surface area contributed by atoms with Gasteiger partial charge in [-0.1, -0.05) is 6.58 Å². The third-order valence-electron chi connectivity index (χ3n) is 3.70. The highest BCUT2D eigenvalue weighted by Gasteiger charge is 2.45. The number of ether oxygens (including phenoxy) is 3. The molecule has 1 saturated carbocycles. The maximum Gasteiger partial charge on any atom is 0.333 e. The summed E-state index contributed by atoms with van der Waals surface area (Å²) in [5, 5.41) is 0. The molecule has 0 saturated heterocycles. The maximum atomic E-state index is 11.9. The molecule has 0 heterocycles. The van der Waals surface area contributed by atoms with Crippen molar-refractivity contribution in [2.45, 2.75) is 90.8 Å². The zero-order valence-electron chi connectivity index (χ0n) is 14.3. The lowest BCUT2D eigenvalue weighted by atomic mass is 9.81. The Bertz CT molecular complexity index is 375. The Labute approximate surface area is 128 Å². The molecule has 4 nitrogen and oxygen atoms in total. The molecule has 1 fully saturated rings. The van der Waals surface area contributed by atoms with Crippen LogP contribution in [-0.4, -0.2) is 36.0 Å². The largest absolute Gasteiger partial charge is 0.453 e. The topological polar surface area (TPSA) is 44.8 Å². The Morgan fingerprint density at radius 2 is 1.76 bits per heavy atom. The Hall–Kier alpha value is -0.870. The van der Waals surface area contributed by atoms with E-state index in [9.17, 15) is 4.79 Å². The van der Waals surface area contributed by atoms with E-state index in [-0.39, 0.29) is 30.4 Å². The fourth-order valence-electron chi connectivity index (χ4n) is 2.67. The van der Waals surface area contributed by atoms with Crippen LogP contribution in [0, 0.1) is 0 Å². The monoisotopic (exact) mass is 298 g/mol. The lowest BCUT2D eigenvalue weighted by molar-refractivity contribution is -0.198. The van der Waals surface area contributed by atoms with Crippen molar-refractivity contribution < 1.29 is 19.0 Å². The summed E-state index contributed by atoms with van der Waals surface area (Å²) in [6.07, 6.45) is 2.63. The van der Waals surface area contributed by atoms with Gasteiger partial charge in [0.25, 0.3) is 0 Å². The Balaban J connectivity index is 2.81. The number of esters is 1. The van der Waals surface area contributed by atoms with Crippen molar-refractivity contribution in [2.75, 3.05) is 0 Å². The molecular formula is C17H30O4. The smallest absolute Gasteiger partial charge is 0.333 e. The van der Waals surface area contributed by atoms with E-state index in [0.717, 1.165) is 19.3 Å². The predicted octanol–water partition coefficient (Wildman–Crippen LogP) is 3.64. The van der Waals surface area contributed by atoms with Gasteiger partial charge < -0.3 is 14.2 Å². The van der Waals surface area contributed by atoms with Crippen molar-refractivity contribution >= 4 is 5.97 Å². The van der Waals surface area contributed by atoms with Crippen LogP contribution >= 0.6 is 0 Å². The van der Waals surface area contributed by atoms with E-state index in [0.29, 0.717) is 5.57 Å². The third kappa shape index (κ3) is 5.44. The van der Waals surface area contributed by atoms with E-state index in [1.807, 2.05) is 34.6 Å². The van der Waals surface area contributed by atoms with Crippen LogP contribution in [0.25, 0.3) is 0 Å². The molecule has 21 heavy (non-hydrogen) atoms. The van der Waals surface area contributed by atoms with Crippen molar-refractivity contribution in [3.63, 3.8) is 0 Å². The van der Waals surface area contributed by atoms with Crippen LogP contribution in [-0.2, 0) is 19.0 Å². The molecular weight excluding hydrogens is 268 g/mol. The Morgan fingerprint density at radius 3 is 2.24 bits per heavy atom. The standard InChI is InChI=1S/C17H30O4/c1-11(2)16(18)21-17(7)9-8-14(19-12(3)4)10-15(17)20-13(5)6/h12-15H,1,8-10H2,2-7H3. The van der Waals surface area contributed by atoms with E-state index in [4.69, 9.17) is 14.2 Å². The van der Waals surface area contributed by atoms with Crippen LogP contribution in [0.2, 0.25) is 0 Å². The van der Waals surface area contributed by atoms with Gasteiger partial charge in [-0.3, -0.25) is 0 Å². The molecule has 0 aliphatic heterocycles. The predicted molar refractivity (Wildman–Crippen MR) is 83.2 cm³/mol. The van der Waals surface area contributed by atoms with Gasteiger partial charge in [-0.05, 0) is 54.4 Å². The highest BCUT2D eigenvalue weighted by Crippen LogP contribution is 2.36. The minimum absolute atomic E-state index is 0.0793. The minimum Gasteiger partial charge on any atom is -0.453 e. The Kier molecular flexibility index (Phi) is 6.41. The molecule has 0 bridgehead atoms. The summed E-state index contributed by atoms with van der Waals surface area (Å²) in [4.78, 5) is 11.9. The van der Waals surface area contributed by atoms with Gasteiger partial charge >= 0.3 is 5.97 Å². The zero-order valence-corrected chi connectivity index (χ0v) is 14.3. The molecule has 0 amide bonds. The van der Waals surface area contributed by atoms with Crippen LogP contribution in [0.3, 0.4) is 0 Å². The van der Waals surface area contributed by atoms with Crippen LogP contribution in [0.4, 0.5) is 0 Å². The molecule has 0 aromatic carbocycles. The molecule has 3 atom stereocenters. The van der Waals surface area contributed by atoms with Crippen LogP contribution in [0.5, 0.6) is 0 Å². The molecule has 3 unspecified atom stereocenters. The van der Waals surface area contributed by atoms with Crippen molar-refractivity contribution in [2.24, 2.45) is 0 Å². The average Bonchev–Trinajstić information content (AvgIpc) is 2.32. The molecule has 1 aliphatic rings. The summed E-state index contributed by atoms with van der Waals surface area (Å²) >= 11 is 0. The van der Waals surface area contributed by atoms with E-state index < -0.39 is 5.60 Å². The number of carbonyl (C=O) groups is 1. The van der Waals surface area contributed by atoms with Crippen LogP contribution in [0.15, 0.2) is 12.2 Å². The fourth-order valence-corrected chi connectivity index (χ4v) is 2.67. The quantitative estimate of drug-likeness (QED) is 0.555. The van der Waals surface area contributed by atoms with E-state index in [1.165, 1.54) is 0 Å². The fraction of sp³-hybridized carbons (Fsp3) is 0.824. The molecule has 4 heteroatoms. The zero-order chi connectivity index (χ0) is 16.2. The number of rotatable bonds is 6. The van der Waals surface area contributed by atoms with E-state index in [2.05, 4.69) is 6.58 Å². The minimum atomic E-state index is -0.614. The summed E-state index contributed by atoms with van der Waals surface area (Å²) < 4.78 is 17.6. The van der Waals surface area contributed by atoms with Gasteiger partial charge in [0, 0.05) is 12.0 Å². The van der Waals surface area contributed by atoms with E-state index in [1.54, 1.807) is 6.92 Å². The highest BCUT2D eigenvalue weighted by molar-refractivity contribution is 5.87. The van der Waals surface area contributed by atoms with Crippen molar-refractivity contribution in [3.8, 4) is 0 Å². The SMILES string of the molecule is C=C(C)C(=O)OC1(C)CCC(OC(C)C)CC1OC(C)C. The molecule has 0 N–H and O–H groups in total. The van der Waals surface area contributed by atoms with Crippen molar-refractivity contribution in [1.29, 1.82) is 0 Å². The van der Waals surface area contributed by atoms with Crippen LogP contribution < -0.4 is 0 Å².